The zero-order valence-electron chi connectivity index (χ0n) is 16.6. The van der Waals surface area contributed by atoms with Crippen molar-refractivity contribution in [3.63, 3.8) is 0 Å². The van der Waals surface area contributed by atoms with Gasteiger partial charge in [0.1, 0.15) is 5.15 Å². The van der Waals surface area contributed by atoms with Gasteiger partial charge < -0.3 is 0 Å². The van der Waals surface area contributed by atoms with Crippen molar-refractivity contribution in [2.24, 2.45) is 17.8 Å². The molecule has 2 bridgehead atoms. The minimum atomic E-state index is -0.315. The van der Waals surface area contributed by atoms with Crippen molar-refractivity contribution in [3.8, 4) is 0 Å². The highest BCUT2D eigenvalue weighted by Gasteiger charge is 2.40. The number of pyridine rings is 1. The third-order valence-corrected chi connectivity index (χ3v) is 6.83. The van der Waals surface area contributed by atoms with Crippen molar-refractivity contribution in [2.75, 3.05) is 5.43 Å². The maximum atomic E-state index is 12.9. The quantitative estimate of drug-likeness (QED) is 0.632. The van der Waals surface area contributed by atoms with Crippen LogP contribution in [0.2, 0.25) is 5.15 Å². The van der Waals surface area contributed by atoms with E-state index in [2.05, 4.69) is 15.5 Å². The summed E-state index contributed by atoms with van der Waals surface area (Å²) in [7, 11) is 0. The molecule has 2 saturated carbocycles. The summed E-state index contributed by atoms with van der Waals surface area (Å²) < 4.78 is 0. The second-order valence-electron chi connectivity index (χ2n) is 8.55. The average molecular weight is 423 g/mol. The second kappa shape index (κ2) is 7.84. The smallest absolute Gasteiger partial charge is 0.273 e. The Kier molecular flexibility index (Phi) is 5.03. The minimum Gasteiger partial charge on any atom is -0.273 e. The van der Waals surface area contributed by atoms with E-state index in [4.69, 9.17) is 11.6 Å². The highest BCUT2D eigenvalue weighted by molar-refractivity contribution is 6.29. The Morgan fingerprint density at radius 1 is 1.13 bits per heavy atom. The third-order valence-electron chi connectivity index (χ3n) is 6.60. The number of nitrogens with zero attached hydrogens (tertiary/aromatic N) is 3. The lowest BCUT2D eigenvalue weighted by Gasteiger charge is -2.21. The number of carbonyl (C=O) groups is 1. The van der Waals surface area contributed by atoms with Gasteiger partial charge in [0.2, 0.25) is 5.91 Å². The molecule has 2 heterocycles. The Balaban J connectivity index is 1.42. The second-order valence-corrected chi connectivity index (χ2v) is 8.94. The molecule has 7 heteroatoms. The lowest BCUT2D eigenvalue weighted by molar-refractivity contribution is -0.118. The Bertz CT molecular complexity index is 1160. The van der Waals surface area contributed by atoms with Crippen LogP contribution in [0.3, 0.4) is 0 Å². The molecule has 6 nitrogen and oxygen atoms in total. The van der Waals surface area contributed by atoms with Crippen LogP contribution in [0.1, 0.15) is 43.4 Å². The lowest BCUT2D eigenvalue weighted by Crippen LogP contribution is -2.37. The topological polar surface area (TPSA) is 76.9 Å². The molecular formula is C23H23ClN4O2. The summed E-state index contributed by atoms with van der Waals surface area (Å²) in [5.74, 6) is 1.74. The molecule has 2 aliphatic rings. The molecule has 2 aromatic heterocycles. The van der Waals surface area contributed by atoms with E-state index in [-0.39, 0.29) is 11.5 Å². The normalized spacial score (nSPS) is 22.5. The van der Waals surface area contributed by atoms with E-state index in [0.29, 0.717) is 40.9 Å². The molecule has 3 aromatic rings. The van der Waals surface area contributed by atoms with Gasteiger partial charge in [-0.1, -0.05) is 42.3 Å². The minimum absolute atomic E-state index is 0.142. The number of fused-ring (bicyclic) bond motifs is 3. The van der Waals surface area contributed by atoms with Gasteiger partial charge >= 0.3 is 0 Å². The molecule has 2 aliphatic carbocycles. The molecule has 0 saturated heterocycles. The SMILES string of the molecule is O=C(CC1CC2CCC1C2)Nn1nc(Cc2ccc(Cl)nc2)c2ccccc2c1=O. The molecule has 3 atom stereocenters. The number of carbonyl (C=O) groups excluding carboxylic acids is 1. The molecule has 30 heavy (non-hydrogen) atoms. The summed E-state index contributed by atoms with van der Waals surface area (Å²) in [5.41, 5.74) is 4.06. The monoisotopic (exact) mass is 422 g/mol. The number of benzene rings is 1. The molecular weight excluding hydrogens is 400 g/mol. The maximum absolute atomic E-state index is 12.9. The molecule has 154 valence electrons. The maximum Gasteiger partial charge on any atom is 0.294 e. The fourth-order valence-corrected chi connectivity index (χ4v) is 5.31. The van der Waals surface area contributed by atoms with Gasteiger partial charge in [-0.05, 0) is 54.7 Å². The number of amides is 1. The van der Waals surface area contributed by atoms with Crippen LogP contribution in [0.15, 0.2) is 47.4 Å². The van der Waals surface area contributed by atoms with Crippen molar-refractivity contribution >= 4 is 28.3 Å². The summed E-state index contributed by atoms with van der Waals surface area (Å²) in [6.45, 7) is 0. The van der Waals surface area contributed by atoms with E-state index in [1.807, 2.05) is 24.3 Å². The van der Waals surface area contributed by atoms with Gasteiger partial charge in [-0.15, -0.1) is 4.79 Å². The first-order valence-electron chi connectivity index (χ1n) is 10.5. The highest BCUT2D eigenvalue weighted by Crippen LogP contribution is 2.49. The van der Waals surface area contributed by atoms with Crippen molar-refractivity contribution < 1.29 is 4.79 Å². The summed E-state index contributed by atoms with van der Waals surface area (Å²) in [6, 6.07) is 11.0. The molecule has 2 fully saturated rings. The van der Waals surface area contributed by atoms with E-state index < -0.39 is 0 Å². The first kappa shape index (κ1) is 19.2. The van der Waals surface area contributed by atoms with Crippen LogP contribution in [-0.2, 0) is 11.2 Å². The van der Waals surface area contributed by atoms with Crippen molar-refractivity contribution in [2.45, 2.75) is 38.5 Å². The number of hydrogen-bond donors (Lipinski definition) is 1. The van der Waals surface area contributed by atoms with E-state index in [0.717, 1.165) is 28.1 Å². The molecule has 1 amide bonds. The predicted octanol–water partition coefficient (Wildman–Crippen LogP) is 3.93. The van der Waals surface area contributed by atoms with Gasteiger partial charge in [0.15, 0.2) is 0 Å². The van der Waals surface area contributed by atoms with Crippen LogP contribution in [0.5, 0.6) is 0 Å². The summed E-state index contributed by atoms with van der Waals surface area (Å²) in [5, 5.41) is 6.22. The largest absolute Gasteiger partial charge is 0.294 e. The number of rotatable bonds is 5. The molecule has 1 aromatic carbocycles. The van der Waals surface area contributed by atoms with Crippen LogP contribution in [0.4, 0.5) is 0 Å². The highest BCUT2D eigenvalue weighted by atomic mass is 35.5. The lowest BCUT2D eigenvalue weighted by atomic mass is 9.86. The van der Waals surface area contributed by atoms with Gasteiger partial charge in [-0.2, -0.15) is 5.10 Å². The Labute approximate surface area is 179 Å². The number of halogens is 1. The molecule has 3 unspecified atom stereocenters. The van der Waals surface area contributed by atoms with Gasteiger partial charge in [-0.25, -0.2) is 10.4 Å². The van der Waals surface area contributed by atoms with Gasteiger partial charge in [0.05, 0.1) is 11.1 Å². The molecule has 0 spiro atoms. The van der Waals surface area contributed by atoms with Crippen LogP contribution < -0.4 is 11.0 Å². The standard InChI is InChI=1S/C23H23ClN4O2/c24-21-8-6-15(13-25-21)11-20-18-3-1-2-4-19(18)23(30)28(26-20)27-22(29)12-17-10-14-5-7-16(17)9-14/h1-4,6,8,13-14,16-17H,5,7,9-12H2,(H,27,29). The number of aromatic nitrogens is 3. The van der Waals surface area contributed by atoms with Crippen LogP contribution >= 0.6 is 11.6 Å². The Morgan fingerprint density at radius 2 is 1.97 bits per heavy atom. The van der Waals surface area contributed by atoms with Crippen LogP contribution in [-0.4, -0.2) is 20.8 Å². The molecule has 5 rings (SSSR count). The first-order chi connectivity index (χ1) is 14.6. The van der Waals surface area contributed by atoms with Crippen molar-refractivity contribution in [1.82, 2.24) is 14.9 Å². The van der Waals surface area contributed by atoms with Gasteiger partial charge in [0.25, 0.3) is 5.56 Å². The molecule has 0 aliphatic heterocycles. The number of hydrogen-bond acceptors (Lipinski definition) is 4. The number of nitrogens with one attached hydrogen (secondary N) is 1. The Morgan fingerprint density at radius 3 is 2.67 bits per heavy atom. The fraction of sp³-hybridized carbons (Fsp3) is 0.391. The van der Waals surface area contributed by atoms with Crippen LogP contribution in [0.25, 0.3) is 10.8 Å². The molecule has 0 radical (unpaired) electrons. The van der Waals surface area contributed by atoms with Crippen molar-refractivity contribution in [1.29, 1.82) is 0 Å². The van der Waals surface area contributed by atoms with E-state index >= 15 is 0 Å². The molecule has 1 N–H and O–H groups in total. The Hall–Kier alpha value is -2.73. The average Bonchev–Trinajstić information content (AvgIpc) is 3.36. The van der Waals surface area contributed by atoms with E-state index in [1.54, 1.807) is 18.3 Å². The summed E-state index contributed by atoms with van der Waals surface area (Å²) in [6.07, 6.45) is 7.56. The van der Waals surface area contributed by atoms with E-state index in [9.17, 15) is 9.59 Å². The zero-order valence-corrected chi connectivity index (χ0v) is 17.3. The summed E-state index contributed by atoms with van der Waals surface area (Å²) >= 11 is 5.89. The van der Waals surface area contributed by atoms with Crippen LogP contribution in [0, 0.1) is 17.8 Å². The van der Waals surface area contributed by atoms with E-state index in [1.165, 1.54) is 19.3 Å². The third kappa shape index (κ3) is 3.72. The first-order valence-corrected chi connectivity index (χ1v) is 10.9. The van der Waals surface area contributed by atoms with Gasteiger partial charge in [-0.3, -0.25) is 9.59 Å². The zero-order chi connectivity index (χ0) is 20.7. The van der Waals surface area contributed by atoms with Gasteiger partial charge in [0, 0.05) is 24.4 Å². The summed E-state index contributed by atoms with van der Waals surface area (Å²) in [4.78, 5) is 30.9. The fourth-order valence-electron chi connectivity index (χ4n) is 5.19. The predicted molar refractivity (Wildman–Crippen MR) is 116 cm³/mol. The van der Waals surface area contributed by atoms with Crippen molar-refractivity contribution in [3.05, 3.63) is 69.4 Å².